The van der Waals surface area contributed by atoms with Crippen LogP contribution in [-0.2, 0) is 0 Å². The Morgan fingerprint density at radius 3 is 2.50 bits per heavy atom. The van der Waals surface area contributed by atoms with Crippen LogP contribution in [0.5, 0.6) is 5.75 Å². The smallest absolute Gasteiger partial charge is 0.255 e. The maximum Gasteiger partial charge on any atom is 0.255 e. The van der Waals surface area contributed by atoms with Gasteiger partial charge in [0.2, 0.25) is 0 Å². The molecule has 1 aliphatic heterocycles. The van der Waals surface area contributed by atoms with Gasteiger partial charge in [-0.25, -0.2) is 0 Å². The van der Waals surface area contributed by atoms with Gasteiger partial charge < -0.3 is 9.64 Å². The topological polar surface area (TPSA) is 29.5 Å². The number of ether oxygens (including phenoxy) is 1. The van der Waals surface area contributed by atoms with Gasteiger partial charge in [0.25, 0.3) is 5.91 Å². The molecule has 0 saturated carbocycles. The SMILES string of the molecule is COc1ccc([C@@H](C)N2C(=O)c3cc(Br)ccc3C2C)cc1. The molecule has 0 N–H and O–H groups in total. The van der Waals surface area contributed by atoms with Crippen molar-refractivity contribution >= 4 is 21.8 Å². The minimum atomic E-state index is 0.0135. The van der Waals surface area contributed by atoms with E-state index < -0.39 is 0 Å². The molecule has 1 unspecified atom stereocenters. The van der Waals surface area contributed by atoms with Crippen molar-refractivity contribution in [2.45, 2.75) is 25.9 Å². The quantitative estimate of drug-likeness (QED) is 0.792. The molecule has 3 rings (SSSR count). The number of hydrogen-bond acceptors (Lipinski definition) is 2. The third kappa shape index (κ3) is 2.41. The number of amides is 1. The average molecular weight is 360 g/mol. The third-order valence-corrected chi connectivity index (χ3v) is 4.86. The molecule has 2 aromatic rings. The van der Waals surface area contributed by atoms with Gasteiger partial charge in [-0.3, -0.25) is 4.79 Å². The molecule has 0 radical (unpaired) electrons. The molecule has 1 aliphatic rings. The van der Waals surface area contributed by atoms with Crippen molar-refractivity contribution in [2.75, 3.05) is 7.11 Å². The largest absolute Gasteiger partial charge is 0.497 e. The molecule has 1 heterocycles. The highest BCUT2D eigenvalue weighted by atomic mass is 79.9. The molecule has 0 bridgehead atoms. The second-order valence-corrected chi connectivity index (χ2v) is 6.48. The second-order valence-electron chi connectivity index (χ2n) is 5.57. The summed E-state index contributed by atoms with van der Waals surface area (Å²) in [5, 5.41) is 0. The summed E-state index contributed by atoms with van der Waals surface area (Å²) in [5.41, 5.74) is 2.99. The van der Waals surface area contributed by atoms with Gasteiger partial charge in [-0.1, -0.05) is 34.1 Å². The number of benzene rings is 2. The summed E-state index contributed by atoms with van der Waals surface area (Å²) >= 11 is 3.45. The molecule has 0 aromatic heterocycles. The van der Waals surface area contributed by atoms with E-state index in [-0.39, 0.29) is 18.0 Å². The van der Waals surface area contributed by atoms with Gasteiger partial charge in [0, 0.05) is 10.0 Å². The molecule has 22 heavy (non-hydrogen) atoms. The third-order valence-electron chi connectivity index (χ3n) is 4.36. The summed E-state index contributed by atoms with van der Waals surface area (Å²) in [6.45, 7) is 4.15. The number of fused-ring (bicyclic) bond motifs is 1. The Hall–Kier alpha value is -1.81. The van der Waals surface area contributed by atoms with Crippen molar-refractivity contribution < 1.29 is 9.53 Å². The zero-order valence-corrected chi connectivity index (χ0v) is 14.4. The summed E-state index contributed by atoms with van der Waals surface area (Å²) < 4.78 is 6.13. The molecule has 0 spiro atoms. The van der Waals surface area contributed by atoms with E-state index in [0.29, 0.717) is 0 Å². The van der Waals surface area contributed by atoms with Gasteiger partial charge in [0.15, 0.2) is 0 Å². The summed E-state index contributed by atoms with van der Waals surface area (Å²) in [6, 6.07) is 13.9. The van der Waals surface area contributed by atoms with E-state index >= 15 is 0 Å². The summed E-state index contributed by atoms with van der Waals surface area (Å²) in [4.78, 5) is 14.7. The number of carbonyl (C=O) groups is 1. The standard InChI is InChI=1S/C18H18BrNO2/c1-11(13-4-7-15(22-3)8-5-13)20-12(2)16-9-6-14(19)10-17(16)18(20)21/h4-12H,1-3H3/t11-,12?/m1/s1. The maximum atomic E-state index is 12.8. The molecule has 2 aromatic carbocycles. The second kappa shape index (κ2) is 5.76. The Kier molecular flexibility index (Phi) is 3.96. The number of halogens is 1. The van der Waals surface area contributed by atoms with E-state index in [1.165, 1.54) is 0 Å². The first kappa shape index (κ1) is 15.1. The van der Waals surface area contributed by atoms with Crippen LogP contribution in [0.2, 0.25) is 0 Å². The van der Waals surface area contributed by atoms with Crippen LogP contribution in [0.1, 0.15) is 47.4 Å². The normalized spacial score (nSPS) is 18.3. The number of rotatable bonds is 3. The molecular weight excluding hydrogens is 342 g/mol. The predicted molar refractivity (Wildman–Crippen MR) is 90.1 cm³/mol. The maximum absolute atomic E-state index is 12.8. The van der Waals surface area contributed by atoms with Crippen LogP contribution in [0, 0.1) is 0 Å². The van der Waals surface area contributed by atoms with Crippen molar-refractivity contribution in [2.24, 2.45) is 0 Å². The van der Waals surface area contributed by atoms with E-state index in [0.717, 1.165) is 26.9 Å². The van der Waals surface area contributed by atoms with Gasteiger partial charge >= 0.3 is 0 Å². The van der Waals surface area contributed by atoms with Gasteiger partial charge in [-0.2, -0.15) is 0 Å². The zero-order chi connectivity index (χ0) is 15.9. The van der Waals surface area contributed by atoms with E-state index in [1.807, 2.05) is 47.4 Å². The van der Waals surface area contributed by atoms with Crippen LogP contribution in [0.3, 0.4) is 0 Å². The lowest BCUT2D eigenvalue weighted by Gasteiger charge is -2.29. The van der Waals surface area contributed by atoms with Crippen LogP contribution in [-0.4, -0.2) is 17.9 Å². The van der Waals surface area contributed by atoms with Crippen molar-refractivity contribution in [1.29, 1.82) is 0 Å². The first-order chi connectivity index (χ1) is 10.5. The fourth-order valence-electron chi connectivity index (χ4n) is 3.10. The van der Waals surface area contributed by atoms with Gasteiger partial charge in [0.05, 0.1) is 19.2 Å². The molecule has 114 valence electrons. The minimum absolute atomic E-state index is 0.0135. The lowest BCUT2D eigenvalue weighted by atomic mass is 10.0. The number of methoxy groups -OCH3 is 1. The zero-order valence-electron chi connectivity index (χ0n) is 12.8. The van der Waals surface area contributed by atoms with E-state index in [2.05, 4.69) is 29.8 Å². The fraction of sp³-hybridized carbons (Fsp3) is 0.278. The first-order valence-corrected chi connectivity index (χ1v) is 8.08. The molecule has 2 atom stereocenters. The molecule has 0 fully saturated rings. The highest BCUT2D eigenvalue weighted by Gasteiger charge is 2.37. The Balaban J connectivity index is 1.93. The molecular formula is C18H18BrNO2. The van der Waals surface area contributed by atoms with Crippen molar-refractivity contribution in [3.63, 3.8) is 0 Å². The minimum Gasteiger partial charge on any atom is -0.497 e. The van der Waals surface area contributed by atoms with E-state index in [4.69, 9.17) is 4.74 Å². The van der Waals surface area contributed by atoms with Gasteiger partial charge in [0.1, 0.15) is 5.75 Å². The van der Waals surface area contributed by atoms with Crippen LogP contribution < -0.4 is 4.74 Å². The van der Waals surface area contributed by atoms with Crippen LogP contribution in [0.4, 0.5) is 0 Å². The first-order valence-electron chi connectivity index (χ1n) is 7.29. The Morgan fingerprint density at radius 1 is 1.18 bits per heavy atom. The highest BCUT2D eigenvalue weighted by Crippen LogP contribution is 2.40. The monoisotopic (exact) mass is 359 g/mol. The molecule has 4 heteroatoms. The number of hydrogen-bond donors (Lipinski definition) is 0. The Morgan fingerprint density at radius 2 is 1.86 bits per heavy atom. The van der Waals surface area contributed by atoms with Gasteiger partial charge in [-0.05, 0) is 49.2 Å². The highest BCUT2D eigenvalue weighted by molar-refractivity contribution is 9.10. The van der Waals surface area contributed by atoms with Crippen molar-refractivity contribution in [3.05, 3.63) is 63.6 Å². The van der Waals surface area contributed by atoms with Gasteiger partial charge in [-0.15, -0.1) is 0 Å². The van der Waals surface area contributed by atoms with E-state index in [9.17, 15) is 4.79 Å². The van der Waals surface area contributed by atoms with Crippen LogP contribution in [0.25, 0.3) is 0 Å². The molecule has 1 amide bonds. The summed E-state index contributed by atoms with van der Waals surface area (Å²) in [7, 11) is 1.65. The average Bonchev–Trinajstić information content (AvgIpc) is 2.78. The van der Waals surface area contributed by atoms with Crippen molar-refractivity contribution in [1.82, 2.24) is 4.90 Å². The number of nitrogens with zero attached hydrogens (tertiary/aromatic N) is 1. The summed E-state index contributed by atoms with van der Waals surface area (Å²) in [5.74, 6) is 0.913. The van der Waals surface area contributed by atoms with Crippen LogP contribution >= 0.6 is 15.9 Å². The molecule has 3 nitrogen and oxygen atoms in total. The van der Waals surface area contributed by atoms with Crippen molar-refractivity contribution in [3.8, 4) is 5.75 Å². The lowest BCUT2D eigenvalue weighted by molar-refractivity contribution is 0.0659. The fourth-order valence-corrected chi connectivity index (χ4v) is 3.46. The Bertz CT molecular complexity index is 712. The summed E-state index contributed by atoms with van der Waals surface area (Å²) in [6.07, 6.45) is 0. The van der Waals surface area contributed by atoms with E-state index in [1.54, 1.807) is 7.11 Å². The molecule has 0 saturated heterocycles. The predicted octanol–water partition coefficient (Wildman–Crippen LogP) is 4.74. The lowest BCUT2D eigenvalue weighted by Crippen LogP contribution is -2.29. The molecule has 0 aliphatic carbocycles. The van der Waals surface area contributed by atoms with Crippen LogP contribution in [0.15, 0.2) is 46.9 Å². The Labute approximate surface area is 139 Å². The number of carbonyl (C=O) groups excluding carboxylic acids is 1.